The summed E-state index contributed by atoms with van der Waals surface area (Å²) in [5.41, 5.74) is 0. The maximum absolute atomic E-state index is 2.54. The van der Waals surface area contributed by atoms with Gasteiger partial charge in [0.2, 0.25) is 0 Å². The minimum atomic E-state index is -1.74. The molecule has 22 heavy (non-hydrogen) atoms. The van der Waals surface area contributed by atoms with Gasteiger partial charge < -0.3 is 0 Å². The van der Waals surface area contributed by atoms with Gasteiger partial charge in [0, 0.05) is 0 Å². The normalized spacial score (nSPS) is 11.6. The molecule has 3 aromatic rings. The lowest BCUT2D eigenvalue weighted by molar-refractivity contribution is 1.70. The average molecular weight is 318 g/mol. The van der Waals surface area contributed by atoms with Gasteiger partial charge in [-0.15, -0.1) is 0 Å². The van der Waals surface area contributed by atoms with E-state index in [0.29, 0.717) is 0 Å². The summed E-state index contributed by atoms with van der Waals surface area (Å²) in [5, 5.41) is 4.62. The predicted octanol–water partition coefficient (Wildman–Crippen LogP) is 2.99. The van der Waals surface area contributed by atoms with Crippen LogP contribution in [0.5, 0.6) is 0 Å². The standard InChI is InChI=1S/C20H21Si2/c1-21(18-12-6-3-7-13-18)22(2,19-14-8-4-9-15-19)20-16-10-5-11-17-20/h3-17H,1-2H3. The Bertz CT molecular complexity index is 669. The lowest BCUT2D eigenvalue weighted by Crippen LogP contribution is -2.69. The van der Waals surface area contributed by atoms with Crippen molar-refractivity contribution in [3.8, 4) is 0 Å². The van der Waals surface area contributed by atoms with Gasteiger partial charge in [0.15, 0.2) is 0 Å². The molecule has 1 radical (unpaired) electrons. The molecule has 0 fully saturated rings. The van der Waals surface area contributed by atoms with Crippen LogP contribution in [0.15, 0.2) is 91.0 Å². The molecule has 0 unspecified atom stereocenters. The van der Waals surface area contributed by atoms with Crippen LogP contribution in [0.25, 0.3) is 0 Å². The maximum Gasteiger partial charge on any atom is 0.110 e. The van der Waals surface area contributed by atoms with E-state index < -0.39 is 15.9 Å². The molecular weight excluding hydrogens is 296 g/mol. The van der Waals surface area contributed by atoms with E-state index >= 15 is 0 Å². The quantitative estimate of drug-likeness (QED) is 0.649. The van der Waals surface area contributed by atoms with Crippen LogP contribution < -0.4 is 15.6 Å². The number of hydrogen-bond donors (Lipinski definition) is 0. The lowest BCUT2D eigenvalue weighted by atomic mass is 10.4. The molecule has 0 aromatic heterocycles. The van der Waals surface area contributed by atoms with Crippen molar-refractivity contribution in [2.24, 2.45) is 0 Å². The van der Waals surface area contributed by atoms with Crippen molar-refractivity contribution in [2.75, 3.05) is 0 Å². The zero-order valence-electron chi connectivity index (χ0n) is 13.2. The molecule has 0 nitrogen and oxygen atoms in total. The van der Waals surface area contributed by atoms with Gasteiger partial charge in [-0.05, 0) is 0 Å². The van der Waals surface area contributed by atoms with Crippen molar-refractivity contribution in [3.05, 3.63) is 91.0 Å². The van der Waals surface area contributed by atoms with Gasteiger partial charge in [0.05, 0.1) is 8.31 Å². The van der Waals surface area contributed by atoms with E-state index in [2.05, 4.69) is 104 Å². The Morgan fingerprint density at radius 1 is 0.591 bits per heavy atom. The highest BCUT2D eigenvalue weighted by Gasteiger charge is 2.39. The van der Waals surface area contributed by atoms with Crippen LogP contribution in [-0.4, -0.2) is 15.9 Å². The summed E-state index contributed by atoms with van der Waals surface area (Å²) in [5.74, 6) is 0. The van der Waals surface area contributed by atoms with Crippen molar-refractivity contribution < 1.29 is 0 Å². The second-order valence-corrected chi connectivity index (χ2v) is 16.3. The number of hydrogen-bond acceptors (Lipinski definition) is 0. The van der Waals surface area contributed by atoms with E-state index in [0.717, 1.165) is 0 Å². The molecule has 109 valence electrons. The Kier molecular flexibility index (Phi) is 4.41. The molecule has 0 saturated heterocycles. The van der Waals surface area contributed by atoms with Crippen LogP contribution in [-0.2, 0) is 0 Å². The molecule has 3 rings (SSSR count). The fourth-order valence-electron chi connectivity index (χ4n) is 3.12. The highest BCUT2D eigenvalue weighted by atomic mass is 29.2. The zero-order chi connectivity index (χ0) is 15.4. The second-order valence-electron chi connectivity index (χ2n) is 5.85. The number of rotatable bonds is 4. The summed E-state index contributed by atoms with van der Waals surface area (Å²) >= 11 is 0. The first-order valence-electron chi connectivity index (χ1n) is 7.73. The molecule has 3 aromatic carbocycles. The minimum Gasteiger partial charge on any atom is -0.0683 e. The van der Waals surface area contributed by atoms with Crippen LogP contribution in [0, 0.1) is 0 Å². The van der Waals surface area contributed by atoms with Gasteiger partial charge in [-0.1, -0.05) is 120 Å². The van der Waals surface area contributed by atoms with Crippen molar-refractivity contribution >= 4 is 31.5 Å². The first kappa shape index (κ1) is 15.0. The Morgan fingerprint density at radius 3 is 1.36 bits per heavy atom. The Hall–Kier alpha value is -1.91. The average Bonchev–Trinajstić information content (AvgIpc) is 2.62. The van der Waals surface area contributed by atoms with E-state index in [4.69, 9.17) is 0 Å². The SMILES string of the molecule is C[Si](c1ccccc1)[Si](C)(c1ccccc1)c1ccccc1. The van der Waals surface area contributed by atoms with Crippen molar-refractivity contribution in [3.63, 3.8) is 0 Å². The molecule has 0 N–H and O–H groups in total. The lowest BCUT2D eigenvalue weighted by Gasteiger charge is -2.34. The van der Waals surface area contributed by atoms with Gasteiger partial charge in [0.25, 0.3) is 0 Å². The third-order valence-corrected chi connectivity index (χ3v) is 17.4. The van der Waals surface area contributed by atoms with Crippen LogP contribution >= 0.6 is 0 Å². The smallest absolute Gasteiger partial charge is 0.0683 e. The highest BCUT2D eigenvalue weighted by Crippen LogP contribution is 2.10. The molecule has 0 aliphatic carbocycles. The largest absolute Gasteiger partial charge is 0.110 e. The summed E-state index contributed by atoms with van der Waals surface area (Å²) in [6.07, 6.45) is 0. The molecule has 0 saturated carbocycles. The highest BCUT2D eigenvalue weighted by molar-refractivity contribution is 7.47. The van der Waals surface area contributed by atoms with E-state index in [1.54, 1.807) is 10.4 Å². The van der Waals surface area contributed by atoms with Crippen molar-refractivity contribution in [2.45, 2.75) is 13.1 Å². The van der Waals surface area contributed by atoms with E-state index in [1.165, 1.54) is 5.19 Å². The first-order chi connectivity index (χ1) is 10.7. The minimum absolute atomic E-state index is 0.670. The molecule has 0 aliphatic rings. The summed E-state index contributed by atoms with van der Waals surface area (Å²) in [4.78, 5) is 0. The number of benzene rings is 3. The summed E-state index contributed by atoms with van der Waals surface area (Å²) < 4.78 is 0. The van der Waals surface area contributed by atoms with Gasteiger partial charge in [0.1, 0.15) is 7.59 Å². The molecular formula is C20H21Si2. The second kappa shape index (κ2) is 6.47. The fraction of sp³-hybridized carbons (Fsp3) is 0.100. The van der Waals surface area contributed by atoms with Gasteiger partial charge in [-0.2, -0.15) is 0 Å². The fourth-order valence-corrected chi connectivity index (χ4v) is 13.1. The van der Waals surface area contributed by atoms with Gasteiger partial charge in [-0.3, -0.25) is 0 Å². The molecule has 0 spiro atoms. The third kappa shape index (κ3) is 2.72. The molecule has 0 atom stereocenters. The van der Waals surface area contributed by atoms with E-state index in [1.807, 2.05) is 0 Å². The van der Waals surface area contributed by atoms with Gasteiger partial charge >= 0.3 is 0 Å². The maximum atomic E-state index is 2.54. The van der Waals surface area contributed by atoms with Crippen molar-refractivity contribution in [1.82, 2.24) is 0 Å². The third-order valence-electron chi connectivity index (χ3n) is 4.66. The molecule has 0 aliphatic heterocycles. The van der Waals surface area contributed by atoms with Gasteiger partial charge in [-0.25, -0.2) is 0 Å². The zero-order valence-corrected chi connectivity index (χ0v) is 15.2. The predicted molar refractivity (Wildman–Crippen MR) is 101 cm³/mol. The molecule has 0 bridgehead atoms. The summed E-state index contributed by atoms with van der Waals surface area (Å²) in [6.45, 7) is 5.03. The summed E-state index contributed by atoms with van der Waals surface area (Å²) in [6, 6.07) is 33.4. The topological polar surface area (TPSA) is 0 Å². The van der Waals surface area contributed by atoms with E-state index in [9.17, 15) is 0 Å². The van der Waals surface area contributed by atoms with Crippen LogP contribution in [0.1, 0.15) is 0 Å². The monoisotopic (exact) mass is 317 g/mol. The molecule has 2 heteroatoms. The van der Waals surface area contributed by atoms with Crippen LogP contribution in [0.2, 0.25) is 13.1 Å². The Balaban J connectivity index is 2.16. The van der Waals surface area contributed by atoms with Crippen LogP contribution in [0.4, 0.5) is 0 Å². The van der Waals surface area contributed by atoms with Crippen LogP contribution in [0.3, 0.4) is 0 Å². The molecule has 0 heterocycles. The Labute approximate surface area is 135 Å². The first-order valence-corrected chi connectivity index (χ1v) is 13.2. The summed E-state index contributed by atoms with van der Waals surface area (Å²) in [7, 11) is -2.41. The van der Waals surface area contributed by atoms with E-state index in [-0.39, 0.29) is 0 Å². The van der Waals surface area contributed by atoms with Crippen molar-refractivity contribution in [1.29, 1.82) is 0 Å². The molecule has 0 amide bonds. The Morgan fingerprint density at radius 2 is 0.955 bits per heavy atom.